The van der Waals surface area contributed by atoms with E-state index in [1.807, 2.05) is 0 Å². The summed E-state index contributed by atoms with van der Waals surface area (Å²) >= 11 is 0. The normalized spacial score (nSPS) is 20.1. The Morgan fingerprint density at radius 2 is 2.30 bits per heavy atom. The fraction of sp³-hybridized carbons (Fsp3) is 0.750. The zero-order valence-electron chi connectivity index (χ0n) is 13.4. The van der Waals surface area contributed by atoms with Gasteiger partial charge in [-0.3, -0.25) is 4.90 Å². The highest BCUT2D eigenvalue weighted by Crippen LogP contribution is 2.19. The van der Waals surface area contributed by atoms with E-state index in [0.717, 1.165) is 43.6 Å². The number of aryl methyl sites for hydroxylation is 1. The number of rotatable bonds is 7. The molecule has 1 aromatic rings. The van der Waals surface area contributed by atoms with Gasteiger partial charge in [0.1, 0.15) is 11.5 Å². The quantitative estimate of drug-likeness (QED) is 0.828. The molecule has 114 valence electrons. The molecule has 4 heteroatoms. The summed E-state index contributed by atoms with van der Waals surface area (Å²) in [4.78, 5) is 4.81. The lowest BCUT2D eigenvalue weighted by Gasteiger charge is -2.19. The second-order valence-electron chi connectivity index (χ2n) is 6.19. The first-order valence-electron chi connectivity index (χ1n) is 7.74. The van der Waals surface area contributed by atoms with Crippen LogP contribution in [0.15, 0.2) is 10.5 Å². The number of nitrogens with zero attached hydrogens (tertiary/aromatic N) is 2. The highest BCUT2D eigenvalue weighted by atomic mass is 16.3. The minimum absolute atomic E-state index is 0.808. The number of nitrogens with one attached hydrogen (secondary N) is 1. The topological polar surface area (TPSA) is 31.6 Å². The Labute approximate surface area is 123 Å². The molecule has 0 amide bonds. The number of hydrogen-bond acceptors (Lipinski definition) is 4. The van der Waals surface area contributed by atoms with Gasteiger partial charge in [0, 0.05) is 25.2 Å². The summed E-state index contributed by atoms with van der Waals surface area (Å²) in [6, 6.07) is 2.20. The van der Waals surface area contributed by atoms with Gasteiger partial charge in [0.05, 0.1) is 6.54 Å². The molecule has 1 aliphatic rings. The summed E-state index contributed by atoms with van der Waals surface area (Å²) in [6.45, 7) is 10.6. The van der Waals surface area contributed by atoms with Crippen LogP contribution in [-0.2, 0) is 13.1 Å². The van der Waals surface area contributed by atoms with Crippen LogP contribution in [0.4, 0.5) is 0 Å². The fourth-order valence-electron chi connectivity index (χ4n) is 3.05. The van der Waals surface area contributed by atoms with E-state index >= 15 is 0 Å². The molecule has 2 heterocycles. The molecular weight excluding hydrogens is 250 g/mol. The van der Waals surface area contributed by atoms with Crippen LogP contribution in [0.5, 0.6) is 0 Å². The zero-order chi connectivity index (χ0) is 14.5. The first-order chi connectivity index (χ1) is 9.58. The van der Waals surface area contributed by atoms with Crippen molar-refractivity contribution in [3.8, 4) is 0 Å². The van der Waals surface area contributed by atoms with E-state index in [1.165, 1.54) is 25.1 Å². The third-order valence-corrected chi connectivity index (χ3v) is 4.12. The van der Waals surface area contributed by atoms with Gasteiger partial charge < -0.3 is 14.6 Å². The van der Waals surface area contributed by atoms with Crippen molar-refractivity contribution in [2.24, 2.45) is 5.92 Å². The van der Waals surface area contributed by atoms with Gasteiger partial charge in [-0.25, -0.2) is 0 Å². The molecule has 0 bridgehead atoms. The van der Waals surface area contributed by atoms with Crippen LogP contribution in [0.2, 0.25) is 0 Å². The van der Waals surface area contributed by atoms with E-state index in [2.05, 4.69) is 49.1 Å². The van der Waals surface area contributed by atoms with Crippen molar-refractivity contribution >= 4 is 0 Å². The largest absolute Gasteiger partial charge is 0.465 e. The summed E-state index contributed by atoms with van der Waals surface area (Å²) in [5.41, 5.74) is 1.29. The first-order valence-corrected chi connectivity index (χ1v) is 7.74. The predicted molar refractivity (Wildman–Crippen MR) is 82.8 cm³/mol. The molecule has 0 aromatic carbocycles. The molecule has 1 aliphatic heterocycles. The minimum Gasteiger partial charge on any atom is -0.465 e. The molecule has 1 atom stereocenters. The van der Waals surface area contributed by atoms with Crippen LogP contribution in [0.1, 0.15) is 30.4 Å². The third kappa shape index (κ3) is 4.33. The lowest BCUT2D eigenvalue weighted by molar-refractivity contribution is 0.247. The van der Waals surface area contributed by atoms with Gasteiger partial charge in [0.25, 0.3) is 0 Å². The van der Waals surface area contributed by atoms with Crippen molar-refractivity contribution in [3.05, 3.63) is 23.2 Å². The molecule has 1 fully saturated rings. The van der Waals surface area contributed by atoms with E-state index in [9.17, 15) is 0 Å². The van der Waals surface area contributed by atoms with Crippen LogP contribution < -0.4 is 5.32 Å². The number of furan rings is 1. The van der Waals surface area contributed by atoms with Gasteiger partial charge in [-0.1, -0.05) is 6.92 Å². The monoisotopic (exact) mass is 279 g/mol. The van der Waals surface area contributed by atoms with Crippen molar-refractivity contribution in [1.82, 2.24) is 15.1 Å². The third-order valence-electron chi connectivity index (χ3n) is 4.12. The Morgan fingerprint density at radius 1 is 1.50 bits per heavy atom. The molecular formula is C16H29N3O. The van der Waals surface area contributed by atoms with Gasteiger partial charge in [-0.2, -0.15) is 0 Å². The van der Waals surface area contributed by atoms with Gasteiger partial charge in [0.15, 0.2) is 0 Å². The Hall–Kier alpha value is -0.840. The Morgan fingerprint density at radius 3 is 2.95 bits per heavy atom. The molecule has 1 aromatic heterocycles. The van der Waals surface area contributed by atoms with Crippen molar-refractivity contribution in [2.75, 3.05) is 40.3 Å². The summed E-state index contributed by atoms with van der Waals surface area (Å²) in [7, 11) is 4.41. The van der Waals surface area contributed by atoms with Crippen molar-refractivity contribution < 1.29 is 4.42 Å². The molecule has 1 unspecified atom stereocenters. The SMILES string of the molecule is CCNCc1cc(CN(C)CC2CCN(C)C2)oc1C. The van der Waals surface area contributed by atoms with Gasteiger partial charge in [0.2, 0.25) is 0 Å². The maximum atomic E-state index is 5.88. The number of hydrogen-bond donors (Lipinski definition) is 1. The lowest BCUT2D eigenvalue weighted by atomic mass is 10.1. The average Bonchev–Trinajstić information content (AvgIpc) is 2.93. The molecule has 2 rings (SSSR count). The molecule has 4 nitrogen and oxygen atoms in total. The van der Waals surface area contributed by atoms with Crippen molar-refractivity contribution in [2.45, 2.75) is 33.4 Å². The van der Waals surface area contributed by atoms with Crippen molar-refractivity contribution in [3.63, 3.8) is 0 Å². The van der Waals surface area contributed by atoms with Gasteiger partial charge >= 0.3 is 0 Å². The lowest BCUT2D eigenvalue weighted by Crippen LogP contribution is -2.26. The Kier molecular flexibility index (Phi) is 5.64. The fourth-order valence-corrected chi connectivity index (χ4v) is 3.05. The van der Waals surface area contributed by atoms with Gasteiger partial charge in [-0.05, 0) is 52.5 Å². The highest BCUT2D eigenvalue weighted by molar-refractivity contribution is 5.20. The second-order valence-corrected chi connectivity index (χ2v) is 6.19. The second kappa shape index (κ2) is 7.25. The average molecular weight is 279 g/mol. The molecule has 0 radical (unpaired) electrons. The Balaban J connectivity index is 1.83. The van der Waals surface area contributed by atoms with E-state index in [-0.39, 0.29) is 0 Å². The maximum absolute atomic E-state index is 5.88. The smallest absolute Gasteiger partial charge is 0.118 e. The van der Waals surface area contributed by atoms with Crippen LogP contribution in [0.3, 0.4) is 0 Å². The zero-order valence-corrected chi connectivity index (χ0v) is 13.4. The number of likely N-dealkylation sites (tertiary alicyclic amines) is 1. The van der Waals surface area contributed by atoms with E-state index < -0.39 is 0 Å². The predicted octanol–water partition coefficient (Wildman–Crippen LogP) is 2.08. The van der Waals surface area contributed by atoms with Gasteiger partial charge in [-0.15, -0.1) is 0 Å². The molecule has 0 aliphatic carbocycles. The van der Waals surface area contributed by atoms with Crippen LogP contribution in [0.25, 0.3) is 0 Å². The summed E-state index contributed by atoms with van der Waals surface area (Å²) in [5, 5.41) is 3.36. The van der Waals surface area contributed by atoms with E-state index in [4.69, 9.17) is 4.42 Å². The summed E-state index contributed by atoms with van der Waals surface area (Å²) < 4.78 is 5.88. The van der Waals surface area contributed by atoms with Crippen LogP contribution in [-0.4, -0.2) is 50.1 Å². The standard InChI is InChI=1S/C16H29N3O/c1-5-17-9-15-8-16(20-13(15)2)12-19(4)11-14-6-7-18(3)10-14/h8,14,17H,5-7,9-12H2,1-4H3. The maximum Gasteiger partial charge on any atom is 0.118 e. The Bertz CT molecular complexity index is 416. The van der Waals surface area contributed by atoms with Crippen LogP contribution in [0, 0.1) is 12.8 Å². The van der Waals surface area contributed by atoms with E-state index in [1.54, 1.807) is 0 Å². The molecule has 0 spiro atoms. The molecule has 0 saturated carbocycles. The molecule has 20 heavy (non-hydrogen) atoms. The van der Waals surface area contributed by atoms with Crippen molar-refractivity contribution in [1.29, 1.82) is 0 Å². The molecule has 1 N–H and O–H groups in total. The first kappa shape index (κ1) is 15.5. The summed E-state index contributed by atoms with van der Waals surface area (Å²) in [6.07, 6.45) is 1.32. The highest BCUT2D eigenvalue weighted by Gasteiger charge is 2.21. The summed E-state index contributed by atoms with van der Waals surface area (Å²) in [5.74, 6) is 2.95. The van der Waals surface area contributed by atoms with Crippen LogP contribution >= 0.6 is 0 Å². The molecule has 1 saturated heterocycles. The minimum atomic E-state index is 0.808. The van der Waals surface area contributed by atoms with E-state index in [0.29, 0.717) is 0 Å².